The molecule has 1 fully saturated rings. The Morgan fingerprint density at radius 1 is 1.11 bits per heavy atom. The Balaban J connectivity index is 1.65. The number of thiocarbonyl (C=S) groups is 1. The summed E-state index contributed by atoms with van der Waals surface area (Å²) in [6.07, 6.45) is 5.30. The smallest absolute Gasteiger partial charge is 0.296 e. The van der Waals surface area contributed by atoms with Crippen molar-refractivity contribution in [2.45, 2.75) is 32.5 Å². The molecule has 9 nitrogen and oxygen atoms in total. The molecule has 1 aromatic carbocycles. The molecule has 5 rings (SSSR count). The molecule has 1 saturated heterocycles. The summed E-state index contributed by atoms with van der Waals surface area (Å²) in [5.41, 5.74) is 5.18. The number of aryl methyl sites for hydroxylation is 1. The third kappa shape index (κ3) is 4.51. The largest absolute Gasteiger partial charge is 0.496 e. The predicted molar refractivity (Wildman–Crippen MR) is 144 cm³/mol. The fourth-order valence-corrected chi connectivity index (χ4v) is 5.33. The molecule has 0 bridgehead atoms. The van der Waals surface area contributed by atoms with Gasteiger partial charge in [-0.2, -0.15) is 0 Å². The number of aromatic nitrogens is 3. The van der Waals surface area contributed by atoms with Gasteiger partial charge in [0.2, 0.25) is 0 Å². The van der Waals surface area contributed by atoms with Crippen LogP contribution in [0.3, 0.4) is 0 Å². The van der Waals surface area contributed by atoms with Crippen molar-refractivity contribution in [3.8, 4) is 11.4 Å². The molecule has 1 aliphatic heterocycles. The third-order valence-electron chi connectivity index (χ3n) is 6.71. The molecule has 4 aromatic rings. The Bertz CT molecular complexity index is 1460. The number of ether oxygens (including phenoxy) is 1. The second-order valence-electron chi connectivity index (χ2n) is 8.88. The average Bonchev–Trinajstić information content (AvgIpc) is 3.39. The summed E-state index contributed by atoms with van der Waals surface area (Å²) < 4.78 is 7.16. The Morgan fingerprint density at radius 2 is 1.89 bits per heavy atom. The van der Waals surface area contributed by atoms with Gasteiger partial charge in [0.05, 0.1) is 35.9 Å². The number of hydrogen-bond acceptors (Lipinski definition) is 6. The molecule has 37 heavy (non-hydrogen) atoms. The van der Waals surface area contributed by atoms with Gasteiger partial charge in [0.25, 0.3) is 5.69 Å². The first-order chi connectivity index (χ1) is 17.9. The zero-order chi connectivity index (χ0) is 26.1. The maximum atomic E-state index is 12.0. The molecule has 0 saturated carbocycles. The summed E-state index contributed by atoms with van der Waals surface area (Å²) in [5, 5.41) is 16.1. The van der Waals surface area contributed by atoms with E-state index in [9.17, 15) is 10.1 Å². The first-order valence-electron chi connectivity index (χ1n) is 11.8. The van der Waals surface area contributed by atoms with E-state index in [1.807, 2.05) is 48.7 Å². The number of benzene rings is 1. The first-order valence-corrected chi connectivity index (χ1v) is 12.2. The van der Waals surface area contributed by atoms with Crippen LogP contribution in [0, 0.1) is 24.0 Å². The molecule has 10 heteroatoms. The number of hydrogen-bond donors (Lipinski definition) is 1. The maximum absolute atomic E-state index is 12.0. The van der Waals surface area contributed by atoms with E-state index in [2.05, 4.69) is 26.3 Å². The van der Waals surface area contributed by atoms with Gasteiger partial charge in [-0.25, -0.2) is 0 Å². The van der Waals surface area contributed by atoms with Crippen LogP contribution < -0.4 is 10.1 Å². The van der Waals surface area contributed by atoms with Gasteiger partial charge in [-0.05, 0) is 79.7 Å². The Labute approximate surface area is 219 Å². The van der Waals surface area contributed by atoms with E-state index < -0.39 is 0 Å². The lowest BCUT2D eigenvalue weighted by Gasteiger charge is -2.28. The first kappa shape index (κ1) is 24.4. The van der Waals surface area contributed by atoms with Gasteiger partial charge in [-0.1, -0.05) is 6.07 Å². The van der Waals surface area contributed by atoms with Crippen LogP contribution >= 0.6 is 12.2 Å². The number of nitro benzene ring substituents is 1. The highest BCUT2D eigenvalue weighted by Crippen LogP contribution is 2.43. The number of nitrogens with one attached hydrogen (secondary N) is 1. The molecule has 1 aliphatic rings. The van der Waals surface area contributed by atoms with Crippen molar-refractivity contribution in [3.05, 3.63) is 112 Å². The van der Waals surface area contributed by atoms with Gasteiger partial charge < -0.3 is 19.5 Å². The van der Waals surface area contributed by atoms with Gasteiger partial charge in [-0.3, -0.25) is 20.1 Å². The summed E-state index contributed by atoms with van der Waals surface area (Å²) in [7, 11) is 1.49. The topological polar surface area (TPSA) is 98.3 Å². The van der Waals surface area contributed by atoms with Crippen molar-refractivity contribution < 1.29 is 9.66 Å². The van der Waals surface area contributed by atoms with Crippen LogP contribution in [0.2, 0.25) is 0 Å². The molecule has 0 spiro atoms. The Kier molecular flexibility index (Phi) is 6.58. The fraction of sp³-hybridized carbons (Fsp3) is 0.222. The van der Waals surface area contributed by atoms with Gasteiger partial charge >= 0.3 is 0 Å². The lowest BCUT2D eigenvalue weighted by Crippen LogP contribution is -2.29. The lowest BCUT2D eigenvalue weighted by atomic mass is 9.96. The van der Waals surface area contributed by atoms with Crippen LogP contribution in [0.5, 0.6) is 5.75 Å². The van der Waals surface area contributed by atoms with Gasteiger partial charge in [-0.15, -0.1) is 0 Å². The number of nitrogens with zero attached hydrogens (tertiary/aromatic N) is 5. The van der Waals surface area contributed by atoms with Crippen LogP contribution in [0.1, 0.15) is 40.3 Å². The lowest BCUT2D eigenvalue weighted by molar-refractivity contribution is -0.384. The minimum absolute atomic E-state index is 0.0253. The normalized spacial score (nSPS) is 17.1. The SMILES string of the molecule is COc1ccc(-n2c(C)cc([C@H]3[C@H](c4ccccn4)NC(=S)N3Cc3ccncc3)c2C)c([N+](=O)[O-])c1. The second-order valence-corrected chi connectivity index (χ2v) is 9.27. The Hall–Kier alpha value is -4.31. The third-order valence-corrected chi connectivity index (χ3v) is 7.06. The van der Waals surface area contributed by atoms with Crippen molar-refractivity contribution in [2.24, 2.45) is 0 Å². The molecule has 0 radical (unpaired) electrons. The molecule has 0 unspecified atom stereocenters. The van der Waals surface area contributed by atoms with E-state index in [1.165, 1.54) is 13.2 Å². The minimum atomic E-state index is -0.380. The van der Waals surface area contributed by atoms with E-state index >= 15 is 0 Å². The number of methoxy groups -OCH3 is 1. The van der Waals surface area contributed by atoms with Crippen molar-refractivity contribution in [3.63, 3.8) is 0 Å². The van der Waals surface area contributed by atoms with Crippen LogP contribution in [0.15, 0.2) is 73.2 Å². The minimum Gasteiger partial charge on any atom is -0.496 e. The number of nitro groups is 1. The zero-order valence-electron chi connectivity index (χ0n) is 20.7. The van der Waals surface area contributed by atoms with Gasteiger partial charge in [0.15, 0.2) is 5.11 Å². The fourth-order valence-electron chi connectivity index (χ4n) is 5.02. The highest BCUT2D eigenvalue weighted by atomic mass is 32.1. The molecule has 0 amide bonds. The monoisotopic (exact) mass is 514 g/mol. The summed E-state index contributed by atoms with van der Waals surface area (Å²) in [5.74, 6) is 0.433. The van der Waals surface area contributed by atoms with E-state index in [4.69, 9.17) is 17.0 Å². The highest BCUT2D eigenvalue weighted by Gasteiger charge is 2.41. The van der Waals surface area contributed by atoms with Crippen molar-refractivity contribution in [2.75, 3.05) is 7.11 Å². The number of pyridine rings is 2. The van der Waals surface area contributed by atoms with Crippen LogP contribution in [0.25, 0.3) is 5.69 Å². The van der Waals surface area contributed by atoms with Gasteiger partial charge in [0.1, 0.15) is 11.4 Å². The van der Waals surface area contributed by atoms with E-state index in [0.717, 1.165) is 28.2 Å². The van der Waals surface area contributed by atoms with Crippen LogP contribution in [0.4, 0.5) is 5.69 Å². The molecule has 0 aliphatic carbocycles. The van der Waals surface area contributed by atoms with Crippen LogP contribution in [-0.4, -0.2) is 36.6 Å². The van der Waals surface area contributed by atoms with Gasteiger partial charge in [0, 0.05) is 36.5 Å². The van der Waals surface area contributed by atoms with E-state index in [1.54, 1.807) is 30.7 Å². The van der Waals surface area contributed by atoms with Crippen LogP contribution in [-0.2, 0) is 6.54 Å². The molecule has 188 valence electrons. The molecule has 3 aromatic heterocycles. The van der Waals surface area contributed by atoms with E-state index in [0.29, 0.717) is 23.1 Å². The summed E-state index contributed by atoms with van der Waals surface area (Å²) in [6, 6.07) is 16.4. The molecule has 4 heterocycles. The summed E-state index contributed by atoms with van der Waals surface area (Å²) in [6.45, 7) is 4.51. The molecule has 2 atom stereocenters. The quantitative estimate of drug-likeness (QED) is 0.210. The predicted octanol–water partition coefficient (Wildman–Crippen LogP) is 4.97. The van der Waals surface area contributed by atoms with E-state index in [-0.39, 0.29) is 22.7 Å². The molecular formula is C27H26N6O3S. The zero-order valence-corrected chi connectivity index (χ0v) is 21.5. The molecular weight excluding hydrogens is 488 g/mol. The summed E-state index contributed by atoms with van der Waals surface area (Å²) in [4.78, 5) is 22.5. The Morgan fingerprint density at radius 3 is 2.57 bits per heavy atom. The van der Waals surface area contributed by atoms with Crippen molar-refractivity contribution in [1.29, 1.82) is 0 Å². The maximum Gasteiger partial charge on any atom is 0.296 e. The highest BCUT2D eigenvalue weighted by molar-refractivity contribution is 7.80. The van der Waals surface area contributed by atoms with Crippen molar-refractivity contribution in [1.82, 2.24) is 24.8 Å². The molecule has 1 N–H and O–H groups in total. The second kappa shape index (κ2) is 9.98. The summed E-state index contributed by atoms with van der Waals surface area (Å²) >= 11 is 5.81. The standard InChI is InChI=1S/C27H26N6O3S/c1-17-14-21(18(2)32(17)23-8-7-20(36-3)15-24(23)33(34)35)26-25(22-6-4-5-11-29-22)30-27(37)31(26)16-19-9-12-28-13-10-19/h4-15,25-26H,16H2,1-3H3,(H,30,37)/t25-,26-/m0/s1. The average molecular weight is 515 g/mol. The number of rotatable bonds is 7. The van der Waals surface area contributed by atoms with Crippen molar-refractivity contribution >= 4 is 23.0 Å².